The first-order chi connectivity index (χ1) is 15.3. The molecule has 1 heterocycles. The Morgan fingerprint density at radius 1 is 1.09 bits per heavy atom. The van der Waals surface area contributed by atoms with Crippen LogP contribution in [0.2, 0.25) is 0 Å². The number of amides is 3. The van der Waals surface area contributed by atoms with E-state index in [1.807, 2.05) is 6.07 Å². The highest BCUT2D eigenvalue weighted by Crippen LogP contribution is 2.34. The highest BCUT2D eigenvalue weighted by molar-refractivity contribution is 8.26. The highest BCUT2D eigenvalue weighted by Gasteiger charge is 2.33. The molecule has 2 N–H and O–H groups in total. The Morgan fingerprint density at radius 3 is 2.50 bits per heavy atom. The van der Waals surface area contributed by atoms with Gasteiger partial charge in [0.15, 0.2) is 11.5 Å². The minimum Gasteiger partial charge on any atom is -0.493 e. The lowest BCUT2D eigenvalue weighted by Gasteiger charge is -2.15. The second-order valence-corrected chi connectivity index (χ2v) is 8.38. The number of thiocarbonyl (C=S) groups is 1. The number of benzene rings is 2. The monoisotopic (exact) mass is 471 g/mol. The molecule has 1 fully saturated rings. The van der Waals surface area contributed by atoms with Crippen LogP contribution in [0.3, 0.4) is 0 Å². The van der Waals surface area contributed by atoms with Crippen LogP contribution in [0.5, 0.6) is 11.5 Å². The van der Waals surface area contributed by atoms with E-state index in [4.69, 9.17) is 21.7 Å². The fraction of sp³-hybridized carbons (Fsp3) is 0.182. The number of thioether (sulfide) groups is 1. The molecule has 3 rings (SSSR count). The molecule has 10 heteroatoms. The van der Waals surface area contributed by atoms with E-state index < -0.39 is 17.7 Å². The molecule has 1 saturated heterocycles. The molecular weight excluding hydrogens is 450 g/mol. The van der Waals surface area contributed by atoms with Gasteiger partial charge in [0.25, 0.3) is 17.7 Å². The average Bonchev–Trinajstić information content (AvgIpc) is 3.04. The third-order valence-electron chi connectivity index (χ3n) is 4.59. The second-order valence-electron chi connectivity index (χ2n) is 6.70. The molecule has 0 spiro atoms. The quantitative estimate of drug-likeness (QED) is 0.380. The van der Waals surface area contributed by atoms with Gasteiger partial charge in [-0.05, 0) is 42.3 Å². The topological polar surface area (TPSA) is 97.0 Å². The lowest BCUT2D eigenvalue weighted by molar-refractivity contribution is -0.129. The van der Waals surface area contributed by atoms with Crippen LogP contribution in [0.4, 0.5) is 0 Å². The average molecular weight is 472 g/mol. The van der Waals surface area contributed by atoms with E-state index in [0.717, 1.165) is 22.9 Å². The van der Waals surface area contributed by atoms with Crippen LogP contribution in [-0.4, -0.2) is 47.7 Å². The maximum absolute atomic E-state index is 12.8. The van der Waals surface area contributed by atoms with Gasteiger partial charge in [-0.2, -0.15) is 0 Å². The van der Waals surface area contributed by atoms with Crippen molar-refractivity contribution in [1.29, 1.82) is 0 Å². The number of carbonyl (C=O) groups is 3. The van der Waals surface area contributed by atoms with Crippen molar-refractivity contribution >= 4 is 52.1 Å². The lowest BCUT2D eigenvalue weighted by atomic mass is 10.1. The van der Waals surface area contributed by atoms with Crippen LogP contribution in [0.1, 0.15) is 21.5 Å². The van der Waals surface area contributed by atoms with Gasteiger partial charge in [0.05, 0.1) is 19.1 Å². The molecule has 0 atom stereocenters. The molecular formula is C22H21N3O5S2. The van der Waals surface area contributed by atoms with Gasteiger partial charge in [-0.25, -0.2) is 0 Å². The van der Waals surface area contributed by atoms with Crippen LogP contribution >= 0.6 is 24.0 Å². The van der Waals surface area contributed by atoms with Gasteiger partial charge in [0.1, 0.15) is 10.9 Å². The van der Waals surface area contributed by atoms with Crippen LogP contribution < -0.4 is 20.3 Å². The SMILES string of the molecule is COc1ccc(C=C2SC(=S)N(CC(=O)NNC(=O)c3ccccc3C)C2=O)cc1OC. The summed E-state index contributed by atoms with van der Waals surface area (Å²) in [6.45, 7) is 1.48. The molecule has 166 valence electrons. The molecule has 0 aliphatic carbocycles. The molecule has 2 aromatic rings. The van der Waals surface area contributed by atoms with Crippen molar-refractivity contribution in [2.24, 2.45) is 0 Å². The molecule has 0 radical (unpaired) electrons. The first-order valence-electron chi connectivity index (χ1n) is 9.46. The summed E-state index contributed by atoms with van der Waals surface area (Å²) in [7, 11) is 3.06. The maximum Gasteiger partial charge on any atom is 0.269 e. The number of ether oxygens (including phenoxy) is 2. The van der Waals surface area contributed by atoms with Crippen LogP contribution in [0, 0.1) is 6.92 Å². The third kappa shape index (κ3) is 5.27. The van der Waals surface area contributed by atoms with Crippen LogP contribution in [-0.2, 0) is 9.59 Å². The van der Waals surface area contributed by atoms with E-state index >= 15 is 0 Å². The maximum atomic E-state index is 12.8. The van der Waals surface area contributed by atoms with Crippen molar-refractivity contribution in [1.82, 2.24) is 15.8 Å². The number of nitrogens with zero attached hydrogens (tertiary/aromatic N) is 1. The zero-order valence-corrected chi connectivity index (χ0v) is 19.3. The molecule has 1 aliphatic heterocycles. The molecule has 0 saturated carbocycles. The van der Waals surface area contributed by atoms with Crippen molar-refractivity contribution in [2.45, 2.75) is 6.92 Å². The standard InChI is InChI=1S/C22H21N3O5S2/c1-13-6-4-5-7-15(13)20(27)24-23-19(26)12-25-21(28)18(32-22(25)31)11-14-8-9-16(29-2)17(10-14)30-3/h4-11H,12H2,1-3H3,(H,23,26)(H,24,27). The zero-order chi connectivity index (χ0) is 23.3. The van der Waals surface area contributed by atoms with Crippen molar-refractivity contribution in [3.8, 4) is 11.5 Å². The van der Waals surface area contributed by atoms with Gasteiger partial charge >= 0.3 is 0 Å². The van der Waals surface area contributed by atoms with E-state index in [1.165, 1.54) is 19.1 Å². The van der Waals surface area contributed by atoms with Crippen molar-refractivity contribution in [3.05, 3.63) is 64.1 Å². The molecule has 1 aliphatic rings. The summed E-state index contributed by atoms with van der Waals surface area (Å²) in [6, 6.07) is 12.2. The number of hydrogen-bond donors (Lipinski definition) is 2. The fourth-order valence-electron chi connectivity index (χ4n) is 2.93. The third-order valence-corrected chi connectivity index (χ3v) is 5.96. The number of aryl methyl sites for hydroxylation is 1. The summed E-state index contributed by atoms with van der Waals surface area (Å²) in [5.41, 5.74) is 6.60. The molecule has 0 bridgehead atoms. The zero-order valence-electron chi connectivity index (χ0n) is 17.6. The van der Waals surface area contributed by atoms with E-state index in [0.29, 0.717) is 22.0 Å². The number of hydrogen-bond acceptors (Lipinski definition) is 7. The van der Waals surface area contributed by atoms with E-state index in [-0.39, 0.29) is 10.9 Å². The minimum atomic E-state index is -0.574. The molecule has 0 aromatic heterocycles. The van der Waals surface area contributed by atoms with Crippen LogP contribution in [0.25, 0.3) is 6.08 Å². The minimum absolute atomic E-state index is 0.252. The normalized spacial score (nSPS) is 14.5. The number of nitrogens with one attached hydrogen (secondary N) is 2. The Kier molecular flexibility index (Phi) is 7.49. The largest absolute Gasteiger partial charge is 0.493 e. The van der Waals surface area contributed by atoms with Gasteiger partial charge in [-0.1, -0.05) is 48.2 Å². The van der Waals surface area contributed by atoms with E-state index in [1.54, 1.807) is 49.4 Å². The molecule has 0 unspecified atom stereocenters. The van der Waals surface area contributed by atoms with Gasteiger partial charge in [0.2, 0.25) is 0 Å². The molecule has 8 nitrogen and oxygen atoms in total. The van der Waals surface area contributed by atoms with Gasteiger partial charge in [-0.15, -0.1) is 0 Å². The Balaban J connectivity index is 1.63. The Labute approximate surface area is 194 Å². The predicted molar refractivity (Wildman–Crippen MR) is 126 cm³/mol. The Hall–Kier alpha value is -3.37. The summed E-state index contributed by atoms with van der Waals surface area (Å²) in [4.78, 5) is 38.8. The van der Waals surface area contributed by atoms with Crippen LogP contribution in [0.15, 0.2) is 47.4 Å². The Morgan fingerprint density at radius 2 is 1.81 bits per heavy atom. The van der Waals surface area contributed by atoms with Crippen molar-refractivity contribution in [3.63, 3.8) is 0 Å². The highest BCUT2D eigenvalue weighted by atomic mass is 32.2. The van der Waals surface area contributed by atoms with Crippen molar-refractivity contribution < 1.29 is 23.9 Å². The summed E-state index contributed by atoms with van der Waals surface area (Å²) < 4.78 is 10.7. The first kappa shape index (κ1) is 23.3. The fourth-order valence-corrected chi connectivity index (χ4v) is 4.19. The number of methoxy groups -OCH3 is 2. The van der Waals surface area contributed by atoms with Crippen molar-refractivity contribution in [2.75, 3.05) is 20.8 Å². The molecule has 3 amide bonds. The summed E-state index contributed by atoms with van der Waals surface area (Å²) in [5, 5.41) is 0. The number of carbonyl (C=O) groups excluding carboxylic acids is 3. The summed E-state index contributed by atoms with van der Waals surface area (Å²) >= 11 is 6.36. The van der Waals surface area contributed by atoms with Gasteiger partial charge < -0.3 is 9.47 Å². The first-order valence-corrected chi connectivity index (χ1v) is 10.7. The molecule has 32 heavy (non-hydrogen) atoms. The number of hydrazine groups is 1. The Bertz CT molecular complexity index is 1120. The van der Waals surface area contributed by atoms with E-state index in [9.17, 15) is 14.4 Å². The summed E-state index contributed by atoms with van der Waals surface area (Å²) in [6.07, 6.45) is 1.67. The van der Waals surface area contributed by atoms with E-state index in [2.05, 4.69) is 10.9 Å². The number of rotatable bonds is 6. The smallest absolute Gasteiger partial charge is 0.269 e. The predicted octanol–water partition coefficient (Wildman–Crippen LogP) is 2.67. The summed E-state index contributed by atoms with van der Waals surface area (Å²) in [5.74, 6) is -0.317. The molecule has 2 aromatic carbocycles. The lowest BCUT2D eigenvalue weighted by Crippen LogP contribution is -2.47. The second kappa shape index (κ2) is 10.3. The van der Waals surface area contributed by atoms with Gasteiger partial charge in [-0.3, -0.25) is 30.1 Å². The van der Waals surface area contributed by atoms with Gasteiger partial charge in [0, 0.05) is 5.56 Å².